The van der Waals surface area contributed by atoms with Crippen molar-refractivity contribution in [2.75, 3.05) is 0 Å². The van der Waals surface area contributed by atoms with Gasteiger partial charge in [0.15, 0.2) is 0 Å². The zero-order valence-electron chi connectivity index (χ0n) is 17.9. The Hall–Kier alpha value is -3.27. The van der Waals surface area contributed by atoms with Crippen molar-refractivity contribution in [3.8, 4) is 11.1 Å². The van der Waals surface area contributed by atoms with Gasteiger partial charge in [0, 0.05) is 23.9 Å². The molecule has 2 aliphatic rings. The first-order valence-corrected chi connectivity index (χ1v) is 11.1. The Morgan fingerprint density at radius 2 is 1.66 bits per heavy atom. The van der Waals surface area contributed by atoms with E-state index in [2.05, 4.69) is 19.1 Å². The number of carbonyl (C=O) groups is 1. The Labute approximate surface area is 187 Å². The highest BCUT2D eigenvalue weighted by atomic mass is 19.1. The molecule has 0 unspecified atom stereocenters. The van der Waals surface area contributed by atoms with E-state index in [-0.39, 0.29) is 41.3 Å². The molecule has 1 aliphatic heterocycles. The molecule has 1 aliphatic carbocycles. The van der Waals surface area contributed by atoms with Crippen LogP contribution in [0.3, 0.4) is 0 Å². The number of hydrogen-bond donors (Lipinski definition) is 0. The van der Waals surface area contributed by atoms with Crippen LogP contribution >= 0.6 is 0 Å². The molecule has 32 heavy (non-hydrogen) atoms. The molecule has 0 bridgehead atoms. The summed E-state index contributed by atoms with van der Waals surface area (Å²) in [6.45, 7) is 2.56. The molecule has 0 spiro atoms. The molecule has 0 saturated carbocycles. The molecule has 4 atom stereocenters. The van der Waals surface area contributed by atoms with E-state index >= 15 is 4.39 Å². The smallest absolute Gasteiger partial charge is 0.227 e. The van der Waals surface area contributed by atoms with Gasteiger partial charge in [-0.3, -0.25) is 4.79 Å². The summed E-state index contributed by atoms with van der Waals surface area (Å²) in [5, 5.41) is 0. The fourth-order valence-corrected chi connectivity index (χ4v) is 5.26. The number of benzene rings is 3. The van der Waals surface area contributed by atoms with Crippen molar-refractivity contribution >= 4 is 5.91 Å². The lowest BCUT2D eigenvalue weighted by atomic mass is 9.75. The Kier molecular flexibility index (Phi) is 5.38. The Balaban J connectivity index is 1.55. The highest BCUT2D eigenvalue weighted by Gasteiger charge is 2.50. The molecule has 162 valence electrons. The molecule has 0 radical (unpaired) electrons. The first-order chi connectivity index (χ1) is 15.5. The van der Waals surface area contributed by atoms with Gasteiger partial charge in [-0.15, -0.1) is 0 Å². The SMILES string of the molecule is C[C@@H]1CC=C[C@H]2[C@H]1C(=O)N(Cc1ccccc1)[C@H]2c1ccc(-c2ccc(F)cc2)cc1F. The molecule has 0 aromatic heterocycles. The number of carbonyl (C=O) groups excluding carboxylic acids is 1. The summed E-state index contributed by atoms with van der Waals surface area (Å²) in [7, 11) is 0. The van der Waals surface area contributed by atoms with Crippen LogP contribution < -0.4 is 0 Å². The molecule has 3 aromatic rings. The maximum absolute atomic E-state index is 15.5. The largest absolute Gasteiger partial charge is 0.330 e. The summed E-state index contributed by atoms with van der Waals surface area (Å²) < 4.78 is 28.8. The second-order valence-electron chi connectivity index (χ2n) is 8.88. The number of likely N-dealkylation sites (tertiary alicyclic amines) is 1. The van der Waals surface area contributed by atoms with Gasteiger partial charge < -0.3 is 4.90 Å². The minimum Gasteiger partial charge on any atom is -0.330 e. The second kappa shape index (κ2) is 8.34. The van der Waals surface area contributed by atoms with Crippen LogP contribution in [0.2, 0.25) is 0 Å². The number of hydrogen-bond acceptors (Lipinski definition) is 1. The van der Waals surface area contributed by atoms with E-state index in [1.54, 1.807) is 18.2 Å². The monoisotopic (exact) mass is 429 g/mol. The van der Waals surface area contributed by atoms with Gasteiger partial charge in [-0.25, -0.2) is 8.78 Å². The van der Waals surface area contributed by atoms with Gasteiger partial charge >= 0.3 is 0 Å². The first kappa shape index (κ1) is 20.6. The predicted octanol–water partition coefficient (Wildman–Crippen LogP) is 6.54. The Bertz CT molecular complexity index is 1160. The van der Waals surface area contributed by atoms with E-state index in [9.17, 15) is 9.18 Å². The predicted molar refractivity (Wildman–Crippen MR) is 121 cm³/mol. The summed E-state index contributed by atoms with van der Waals surface area (Å²) in [6.07, 6.45) is 5.10. The summed E-state index contributed by atoms with van der Waals surface area (Å²) >= 11 is 0. The van der Waals surface area contributed by atoms with Crippen LogP contribution in [0.15, 0.2) is 84.9 Å². The third-order valence-electron chi connectivity index (χ3n) is 6.85. The van der Waals surface area contributed by atoms with E-state index in [1.807, 2.05) is 41.3 Å². The molecule has 0 N–H and O–H groups in total. The van der Waals surface area contributed by atoms with Crippen LogP contribution in [0.4, 0.5) is 8.78 Å². The molecular formula is C28H25F2NO. The lowest BCUT2D eigenvalue weighted by Gasteiger charge is -2.30. The van der Waals surface area contributed by atoms with Gasteiger partial charge in [0.1, 0.15) is 11.6 Å². The average molecular weight is 430 g/mol. The van der Waals surface area contributed by atoms with E-state index in [4.69, 9.17) is 0 Å². The highest BCUT2D eigenvalue weighted by Crippen LogP contribution is 2.49. The second-order valence-corrected chi connectivity index (χ2v) is 8.88. The molecule has 1 saturated heterocycles. The number of fused-ring (bicyclic) bond motifs is 1. The highest BCUT2D eigenvalue weighted by molar-refractivity contribution is 5.83. The molecule has 2 nitrogen and oxygen atoms in total. The van der Waals surface area contributed by atoms with Crippen LogP contribution in [-0.4, -0.2) is 10.8 Å². The maximum atomic E-state index is 15.5. The van der Waals surface area contributed by atoms with Gasteiger partial charge in [0.05, 0.1) is 6.04 Å². The van der Waals surface area contributed by atoms with E-state index < -0.39 is 0 Å². The van der Waals surface area contributed by atoms with Crippen LogP contribution in [-0.2, 0) is 11.3 Å². The summed E-state index contributed by atoms with van der Waals surface area (Å²) in [5.41, 5.74) is 3.01. The summed E-state index contributed by atoms with van der Waals surface area (Å²) in [6, 6.07) is 20.7. The van der Waals surface area contributed by atoms with Gasteiger partial charge in [-0.05, 0) is 47.2 Å². The number of rotatable bonds is 4. The summed E-state index contributed by atoms with van der Waals surface area (Å²) in [5.74, 6) is -0.526. The molecular weight excluding hydrogens is 404 g/mol. The van der Waals surface area contributed by atoms with Gasteiger partial charge in [-0.1, -0.05) is 73.7 Å². The van der Waals surface area contributed by atoms with Crippen LogP contribution in [0.1, 0.15) is 30.5 Å². The number of halogens is 2. The zero-order chi connectivity index (χ0) is 22.2. The molecule has 4 heteroatoms. The lowest BCUT2D eigenvalue weighted by molar-refractivity contribution is -0.134. The molecule has 5 rings (SSSR count). The minimum absolute atomic E-state index is 0.0545. The van der Waals surface area contributed by atoms with Crippen LogP contribution in [0, 0.1) is 29.4 Å². The van der Waals surface area contributed by atoms with Crippen molar-refractivity contribution in [3.05, 3.63) is 108 Å². The van der Waals surface area contributed by atoms with Crippen LogP contribution in [0.5, 0.6) is 0 Å². The van der Waals surface area contributed by atoms with Crippen molar-refractivity contribution in [1.29, 1.82) is 0 Å². The first-order valence-electron chi connectivity index (χ1n) is 11.1. The molecule has 1 heterocycles. The molecule has 3 aromatic carbocycles. The van der Waals surface area contributed by atoms with Crippen molar-refractivity contribution in [2.24, 2.45) is 17.8 Å². The maximum Gasteiger partial charge on any atom is 0.227 e. The Morgan fingerprint density at radius 3 is 2.38 bits per heavy atom. The topological polar surface area (TPSA) is 20.3 Å². The van der Waals surface area contributed by atoms with Gasteiger partial charge in [-0.2, -0.15) is 0 Å². The number of amides is 1. The third-order valence-corrected chi connectivity index (χ3v) is 6.85. The zero-order valence-corrected chi connectivity index (χ0v) is 17.9. The van der Waals surface area contributed by atoms with Gasteiger partial charge in [0.2, 0.25) is 5.91 Å². The van der Waals surface area contributed by atoms with Crippen molar-refractivity contribution < 1.29 is 13.6 Å². The lowest BCUT2D eigenvalue weighted by Crippen LogP contribution is -2.31. The minimum atomic E-state index is -0.353. The number of nitrogens with zero attached hydrogens (tertiary/aromatic N) is 1. The van der Waals surface area contributed by atoms with Crippen molar-refractivity contribution in [2.45, 2.75) is 25.9 Å². The fourth-order valence-electron chi connectivity index (χ4n) is 5.26. The number of allylic oxidation sites excluding steroid dienone is 1. The van der Waals surface area contributed by atoms with Gasteiger partial charge in [0.25, 0.3) is 0 Å². The third kappa shape index (κ3) is 3.64. The fraction of sp³-hybridized carbons (Fsp3) is 0.250. The molecule has 1 fully saturated rings. The van der Waals surface area contributed by atoms with Crippen molar-refractivity contribution in [1.82, 2.24) is 4.90 Å². The Morgan fingerprint density at radius 1 is 0.938 bits per heavy atom. The van der Waals surface area contributed by atoms with E-state index in [0.29, 0.717) is 17.7 Å². The average Bonchev–Trinajstić information content (AvgIpc) is 3.07. The molecule has 1 amide bonds. The van der Waals surface area contributed by atoms with E-state index in [0.717, 1.165) is 17.5 Å². The van der Waals surface area contributed by atoms with E-state index in [1.165, 1.54) is 18.2 Å². The van der Waals surface area contributed by atoms with Crippen molar-refractivity contribution in [3.63, 3.8) is 0 Å². The summed E-state index contributed by atoms with van der Waals surface area (Å²) in [4.78, 5) is 15.4. The quantitative estimate of drug-likeness (QED) is 0.431. The standard InChI is InChI=1S/C28H25F2NO/c1-18-6-5-9-24-26(18)28(32)31(17-19-7-3-2-4-8-19)27(24)23-15-12-21(16-25(23)30)20-10-13-22(29)14-11-20/h2-5,7-16,18,24,26-27H,6,17H2,1H3/t18-,24+,26+,27+/m1/s1. The van der Waals surface area contributed by atoms with Crippen LogP contribution in [0.25, 0.3) is 11.1 Å². The normalized spacial score (nSPS) is 24.6.